The average Bonchev–Trinajstić information content (AvgIpc) is 3.34. The molecule has 18 nitrogen and oxygen atoms in total. The van der Waals surface area contributed by atoms with E-state index >= 15 is 0 Å². The van der Waals surface area contributed by atoms with E-state index in [1.54, 1.807) is 85.5 Å². The van der Waals surface area contributed by atoms with Crippen LogP contribution in [0.3, 0.4) is 0 Å². The Balaban J connectivity index is 0.990. The van der Waals surface area contributed by atoms with Crippen LogP contribution in [0.15, 0.2) is 112 Å². The van der Waals surface area contributed by atoms with Crippen LogP contribution >= 0.6 is 0 Å². The van der Waals surface area contributed by atoms with Crippen molar-refractivity contribution in [3.63, 3.8) is 0 Å². The molecule has 0 aromatic heterocycles. The maximum atomic E-state index is 14.1. The Bertz CT molecular complexity index is 2450. The van der Waals surface area contributed by atoms with E-state index < -0.39 is 18.1 Å². The van der Waals surface area contributed by atoms with Crippen LogP contribution in [-0.4, -0.2) is 88.5 Å². The van der Waals surface area contributed by atoms with E-state index in [1.807, 2.05) is 43.3 Å². The molecule has 4 N–H and O–H groups in total. The summed E-state index contributed by atoms with van der Waals surface area (Å²) in [6, 6.07) is 30.2. The lowest BCUT2D eigenvalue weighted by Crippen LogP contribution is -2.46. The number of likely N-dealkylation sites (tertiary alicyclic amines) is 1. The Hall–Kier alpha value is -7.84. The lowest BCUT2D eigenvalue weighted by molar-refractivity contribution is -0.143. The van der Waals surface area contributed by atoms with Crippen molar-refractivity contribution in [1.82, 2.24) is 20.9 Å². The molecule has 0 spiro atoms. The van der Waals surface area contributed by atoms with Crippen LogP contribution < -0.4 is 30.9 Å². The highest BCUT2D eigenvalue weighted by Crippen LogP contribution is 2.28. The summed E-state index contributed by atoms with van der Waals surface area (Å²) >= 11 is 0. The van der Waals surface area contributed by atoms with Crippen LogP contribution in [0.1, 0.15) is 66.1 Å². The molecule has 1 saturated carbocycles. The van der Waals surface area contributed by atoms with Gasteiger partial charge in [-0.3, -0.25) is 24.5 Å². The first-order chi connectivity index (χ1) is 32.0. The molecule has 1 aliphatic carbocycles. The van der Waals surface area contributed by atoms with Gasteiger partial charge in [-0.2, -0.15) is 10.2 Å². The number of azide groups is 1. The van der Waals surface area contributed by atoms with Crippen LogP contribution in [-0.2, 0) is 19.1 Å². The third-order valence-corrected chi connectivity index (χ3v) is 11.2. The van der Waals surface area contributed by atoms with E-state index in [-0.39, 0.29) is 55.5 Å². The number of carbonyl (C=O) groups excluding carboxylic acids is 5. The lowest BCUT2D eigenvalue weighted by atomic mass is 9.91. The molecule has 1 aliphatic heterocycles. The third kappa shape index (κ3) is 14.1. The molecule has 0 radical (unpaired) electrons. The van der Waals surface area contributed by atoms with E-state index in [9.17, 15) is 24.0 Å². The summed E-state index contributed by atoms with van der Waals surface area (Å²) in [6.07, 6.45) is 1.48. The van der Waals surface area contributed by atoms with Gasteiger partial charge in [0.15, 0.2) is 6.73 Å². The minimum Gasteiger partial charge on any atom is -0.488 e. The van der Waals surface area contributed by atoms with Crippen molar-refractivity contribution in [2.75, 3.05) is 44.1 Å². The fourth-order valence-corrected chi connectivity index (χ4v) is 7.37. The van der Waals surface area contributed by atoms with Crippen LogP contribution in [0.25, 0.3) is 10.4 Å². The number of piperidine rings is 1. The van der Waals surface area contributed by atoms with Gasteiger partial charge in [-0.15, -0.1) is 0 Å². The second-order valence-corrected chi connectivity index (χ2v) is 16.0. The van der Waals surface area contributed by atoms with Gasteiger partial charge in [0.05, 0.1) is 11.4 Å². The quantitative estimate of drug-likeness (QED) is 0.0251. The number of benzene rings is 4. The van der Waals surface area contributed by atoms with Gasteiger partial charge in [-0.1, -0.05) is 17.2 Å². The number of azo groups is 1. The smallest absolute Gasteiger partial charge is 0.408 e. The van der Waals surface area contributed by atoms with Crippen molar-refractivity contribution in [2.45, 2.75) is 63.0 Å². The van der Waals surface area contributed by atoms with Crippen LogP contribution in [0.2, 0.25) is 6.32 Å². The zero-order valence-corrected chi connectivity index (χ0v) is 37.1. The lowest BCUT2D eigenvalue weighted by Gasteiger charge is -2.34. The number of hydrogen-bond acceptors (Lipinski definition) is 11. The summed E-state index contributed by atoms with van der Waals surface area (Å²) in [4.78, 5) is 71.6. The van der Waals surface area contributed by atoms with E-state index in [0.717, 1.165) is 11.4 Å². The molecule has 1 saturated heterocycles. The van der Waals surface area contributed by atoms with Crippen molar-refractivity contribution >= 4 is 60.3 Å². The van der Waals surface area contributed by atoms with E-state index in [0.29, 0.717) is 78.7 Å². The van der Waals surface area contributed by atoms with Crippen LogP contribution in [0.4, 0.5) is 27.5 Å². The number of anilines is 2. The van der Waals surface area contributed by atoms with Gasteiger partial charge in [-0.25, -0.2) is 4.79 Å². The van der Waals surface area contributed by atoms with Gasteiger partial charge in [0.2, 0.25) is 17.9 Å². The maximum absolute atomic E-state index is 14.1. The van der Waals surface area contributed by atoms with Crippen LogP contribution in [0, 0.1) is 17.9 Å². The highest BCUT2D eigenvalue weighted by Gasteiger charge is 2.35. The molecule has 1 unspecified atom stereocenters. The highest BCUT2D eigenvalue weighted by atomic mass is 16.6. The van der Waals surface area contributed by atoms with E-state index in [2.05, 4.69) is 53.5 Å². The van der Waals surface area contributed by atoms with Crippen molar-refractivity contribution in [1.29, 1.82) is 0 Å². The standard InChI is InChI=1S/C47H52BN11O7/c1-58(2)40-19-17-39(18-20-40)56-55-38-11-5-33(6-12-38)44(61)53-36-13-15-37(16-14-36)54-47(64)66-43(32-7-21-41(22-8-32)65-30-51-57-49)46(63)59-27-24-34(25-28-59)45(62)52-35-9-3-31(4-10-35)23-26-50-42(60)29-48/h3-12,17-22,34,36-37,43H,13-16,24-25,27-30,48H2,1-2H3,(H,50,60)(H,52,62)(H,53,61)(H,54,64)/b56-55+. The summed E-state index contributed by atoms with van der Waals surface area (Å²) in [5, 5.41) is 23.4. The first kappa shape index (κ1) is 47.6. The number of nitrogens with one attached hydrogen (secondary N) is 4. The molecule has 1 atom stereocenters. The number of carbonyl (C=O) groups is 5. The highest BCUT2D eigenvalue weighted by molar-refractivity contribution is 6.19. The SMILES string of the molecule is BCC(=O)NC#Cc1ccc(NC(=O)C2CCN(C(=O)C(OC(=O)NC3CCC(NC(=O)c4ccc(/N=N/c5ccc(N(C)C)cc5)cc4)CC3)c3ccc(OCN=[N+]=[N-])cc3)CC2)cc1. The van der Waals surface area contributed by atoms with Crippen LogP contribution in [0.5, 0.6) is 5.75 Å². The number of amides is 5. The largest absolute Gasteiger partial charge is 0.488 e. The number of alkyl carbamates (subject to hydrolysis) is 1. The molecule has 2 aliphatic rings. The van der Waals surface area contributed by atoms with Gasteiger partial charge in [0.25, 0.3) is 11.8 Å². The summed E-state index contributed by atoms with van der Waals surface area (Å²) in [5.41, 5.74) is 13.2. The van der Waals surface area contributed by atoms with E-state index in [4.69, 9.17) is 15.0 Å². The summed E-state index contributed by atoms with van der Waals surface area (Å²) in [5.74, 6) is 1.90. The zero-order valence-electron chi connectivity index (χ0n) is 37.1. The number of ether oxygens (including phenoxy) is 2. The second-order valence-electron chi connectivity index (χ2n) is 16.0. The van der Waals surface area contributed by atoms with Crippen molar-refractivity contribution in [3.8, 4) is 17.7 Å². The van der Waals surface area contributed by atoms with E-state index in [1.165, 1.54) is 0 Å². The normalized spacial score (nSPS) is 16.3. The average molecular weight is 894 g/mol. The molecule has 1 heterocycles. The maximum Gasteiger partial charge on any atom is 0.408 e. The molecule has 4 aromatic carbocycles. The van der Waals surface area contributed by atoms with Crippen molar-refractivity contribution < 1.29 is 33.4 Å². The molecule has 5 amide bonds. The number of nitrogens with zero attached hydrogens (tertiary/aromatic N) is 7. The van der Waals surface area contributed by atoms with Gasteiger partial charge in [0.1, 0.15) is 13.6 Å². The molecular weight excluding hydrogens is 841 g/mol. The van der Waals surface area contributed by atoms with Crippen molar-refractivity contribution in [3.05, 3.63) is 124 Å². The summed E-state index contributed by atoms with van der Waals surface area (Å²) in [6.45, 7) is 0.308. The minimum absolute atomic E-state index is 0.0951. The Morgan fingerprint density at radius 2 is 1.42 bits per heavy atom. The molecule has 0 bridgehead atoms. The minimum atomic E-state index is -1.29. The number of hydrogen-bond donors (Lipinski definition) is 4. The fraction of sp³-hybridized carbons (Fsp3) is 0.340. The predicted molar refractivity (Wildman–Crippen MR) is 251 cm³/mol. The van der Waals surface area contributed by atoms with Gasteiger partial charge < -0.3 is 35.2 Å². The summed E-state index contributed by atoms with van der Waals surface area (Å²) in [7, 11) is 5.68. The topological polar surface area (TPSA) is 232 Å². The summed E-state index contributed by atoms with van der Waals surface area (Å²) < 4.78 is 11.3. The number of rotatable bonds is 15. The Labute approximate surface area is 383 Å². The molecular formula is C47H52BN11O7. The Morgan fingerprint density at radius 3 is 2.02 bits per heavy atom. The van der Waals surface area contributed by atoms with Gasteiger partial charge in [-0.05, 0) is 141 Å². The van der Waals surface area contributed by atoms with Crippen molar-refractivity contribution in [2.24, 2.45) is 21.3 Å². The zero-order chi connectivity index (χ0) is 46.8. The van der Waals surface area contributed by atoms with Gasteiger partial charge in [0, 0.05) is 84.2 Å². The molecule has 340 valence electrons. The third-order valence-electron chi connectivity index (χ3n) is 11.2. The Morgan fingerprint density at radius 1 is 0.818 bits per heavy atom. The molecule has 6 rings (SSSR count). The first-order valence-corrected chi connectivity index (χ1v) is 21.8. The van der Waals surface area contributed by atoms with Gasteiger partial charge >= 0.3 is 6.09 Å². The second kappa shape index (κ2) is 23.7. The molecule has 4 aromatic rings. The monoisotopic (exact) mass is 893 g/mol. The molecule has 66 heavy (non-hydrogen) atoms. The predicted octanol–water partition coefficient (Wildman–Crippen LogP) is 6.68. The molecule has 2 fully saturated rings. The first-order valence-electron chi connectivity index (χ1n) is 21.8. The fourth-order valence-electron chi connectivity index (χ4n) is 7.37. The molecule has 19 heteroatoms. The Kier molecular flexibility index (Phi) is 17.1.